The third kappa shape index (κ3) is 6.04. The molecule has 1 aromatic carbocycles. The number of rotatable bonds is 8. The number of benzene rings is 1. The SMILES string of the molecule is C=CCNC(=O)C(=O)N/N=C\c1ccc(OCC=C)c(OC)c1. The minimum atomic E-state index is -0.860. The van der Waals surface area contributed by atoms with Crippen LogP contribution in [0.1, 0.15) is 5.56 Å². The summed E-state index contributed by atoms with van der Waals surface area (Å²) in [5, 5.41) is 6.05. The molecule has 0 unspecified atom stereocenters. The Labute approximate surface area is 134 Å². The molecular weight excluding hydrogens is 298 g/mol. The van der Waals surface area contributed by atoms with Crippen LogP contribution in [0.5, 0.6) is 11.5 Å². The number of nitrogens with one attached hydrogen (secondary N) is 2. The average molecular weight is 317 g/mol. The first kappa shape index (κ1) is 18.0. The summed E-state index contributed by atoms with van der Waals surface area (Å²) in [5.41, 5.74) is 2.79. The lowest BCUT2D eigenvalue weighted by molar-refractivity contribution is -0.139. The zero-order chi connectivity index (χ0) is 17.1. The van der Waals surface area contributed by atoms with Gasteiger partial charge in [0.25, 0.3) is 0 Å². The number of carbonyl (C=O) groups excluding carboxylic acids is 2. The van der Waals surface area contributed by atoms with E-state index in [2.05, 4.69) is 29.0 Å². The molecule has 0 atom stereocenters. The molecule has 122 valence electrons. The molecule has 7 nitrogen and oxygen atoms in total. The van der Waals surface area contributed by atoms with E-state index in [1.54, 1.807) is 24.3 Å². The Morgan fingerprint density at radius 2 is 2.00 bits per heavy atom. The first-order valence-electron chi connectivity index (χ1n) is 6.76. The standard InChI is InChI=1S/C16H19N3O4/c1-4-8-17-15(20)16(21)19-18-11-12-6-7-13(23-9-5-2)14(10-12)22-3/h4-7,10-11H,1-2,8-9H2,3H3,(H,17,20)(H,19,21)/b18-11-. The molecular formula is C16H19N3O4. The van der Waals surface area contributed by atoms with Crippen LogP contribution < -0.4 is 20.2 Å². The fourth-order valence-electron chi connectivity index (χ4n) is 1.49. The van der Waals surface area contributed by atoms with Crippen molar-refractivity contribution in [3.63, 3.8) is 0 Å². The summed E-state index contributed by atoms with van der Waals surface area (Å²) in [6.07, 6.45) is 4.48. The molecule has 2 amide bonds. The van der Waals surface area contributed by atoms with Gasteiger partial charge < -0.3 is 14.8 Å². The van der Waals surface area contributed by atoms with Crippen molar-refractivity contribution < 1.29 is 19.1 Å². The lowest BCUT2D eigenvalue weighted by atomic mass is 10.2. The van der Waals surface area contributed by atoms with Crippen LogP contribution in [0.3, 0.4) is 0 Å². The van der Waals surface area contributed by atoms with E-state index in [0.717, 1.165) is 0 Å². The van der Waals surface area contributed by atoms with Gasteiger partial charge in [-0.05, 0) is 23.8 Å². The van der Waals surface area contributed by atoms with Gasteiger partial charge in [-0.25, -0.2) is 5.43 Å². The Kier molecular flexibility index (Phi) is 7.63. The Hall–Kier alpha value is -3.09. The molecule has 0 bridgehead atoms. The van der Waals surface area contributed by atoms with E-state index < -0.39 is 11.8 Å². The number of hydrogen-bond donors (Lipinski definition) is 2. The van der Waals surface area contributed by atoms with Crippen molar-refractivity contribution in [2.75, 3.05) is 20.3 Å². The van der Waals surface area contributed by atoms with Crippen LogP contribution in [0.2, 0.25) is 0 Å². The first-order valence-corrected chi connectivity index (χ1v) is 6.76. The number of carbonyl (C=O) groups is 2. The van der Waals surface area contributed by atoms with Crippen molar-refractivity contribution in [1.82, 2.24) is 10.7 Å². The maximum atomic E-state index is 11.4. The molecule has 0 aromatic heterocycles. The molecule has 23 heavy (non-hydrogen) atoms. The van der Waals surface area contributed by atoms with E-state index >= 15 is 0 Å². The normalized spacial score (nSPS) is 9.96. The van der Waals surface area contributed by atoms with Crippen molar-refractivity contribution in [1.29, 1.82) is 0 Å². The number of amides is 2. The lowest BCUT2D eigenvalue weighted by Crippen LogP contribution is -2.37. The highest BCUT2D eigenvalue weighted by Crippen LogP contribution is 2.27. The average Bonchev–Trinajstić information content (AvgIpc) is 2.57. The lowest BCUT2D eigenvalue weighted by Gasteiger charge is -2.09. The number of nitrogens with zero attached hydrogens (tertiary/aromatic N) is 1. The van der Waals surface area contributed by atoms with Crippen molar-refractivity contribution >= 4 is 18.0 Å². The van der Waals surface area contributed by atoms with Crippen molar-refractivity contribution in [2.45, 2.75) is 0 Å². The Morgan fingerprint density at radius 1 is 1.22 bits per heavy atom. The fraction of sp³-hybridized carbons (Fsp3) is 0.188. The number of methoxy groups -OCH3 is 1. The summed E-state index contributed by atoms with van der Waals surface area (Å²) in [6.45, 7) is 7.57. The third-order valence-electron chi connectivity index (χ3n) is 2.54. The van der Waals surface area contributed by atoms with E-state index in [9.17, 15) is 9.59 Å². The van der Waals surface area contributed by atoms with Crippen molar-refractivity contribution in [3.8, 4) is 11.5 Å². The molecule has 0 aliphatic rings. The minimum absolute atomic E-state index is 0.208. The van der Waals surface area contributed by atoms with Crippen molar-refractivity contribution in [2.24, 2.45) is 5.10 Å². The van der Waals surface area contributed by atoms with Gasteiger partial charge >= 0.3 is 11.8 Å². The second kappa shape index (κ2) is 9.78. The second-order valence-corrected chi connectivity index (χ2v) is 4.21. The summed E-state index contributed by atoms with van der Waals surface area (Å²) in [6, 6.07) is 5.13. The van der Waals surface area contributed by atoms with E-state index in [4.69, 9.17) is 9.47 Å². The van der Waals surface area contributed by atoms with E-state index in [1.807, 2.05) is 0 Å². The van der Waals surface area contributed by atoms with Crippen LogP contribution in [-0.2, 0) is 9.59 Å². The molecule has 0 aliphatic carbocycles. The summed E-state index contributed by atoms with van der Waals surface area (Å²) in [5.74, 6) is -0.558. The zero-order valence-corrected chi connectivity index (χ0v) is 12.9. The molecule has 1 rings (SSSR count). The molecule has 0 heterocycles. The predicted octanol–water partition coefficient (Wildman–Crippen LogP) is 1.01. The van der Waals surface area contributed by atoms with Crippen LogP contribution in [0.4, 0.5) is 0 Å². The highest BCUT2D eigenvalue weighted by atomic mass is 16.5. The third-order valence-corrected chi connectivity index (χ3v) is 2.54. The number of hydrazone groups is 1. The first-order chi connectivity index (χ1) is 11.1. The molecule has 0 spiro atoms. The largest absolute Gasteiger partial charge is 0.493 e. The van der Waals surface area contributed by atoms with Crippen LogP contribution in [0.25, 0.3) is 0 Å². The van der Waals surface area contributed by atoms with Gasteiger partial charge in [-0.1, -0.05) is 18.7 Å². The summed E-state index contributed by atoms with van der Waals surface area (Å²) < 4.78 is 10.6. The molecule has 2 N–H and O–H groups in total. The zero-order valence-electron chi connectivity index (χ0n) is 12.9. The Morgan fingerprint density at radius 3 is 2.65 bits per heavy atom. The number of ether oxygens (including phenoxy) is 2. The van der Waals surface area contributed by atoms with Gasteiger partial charge in [0, 0.05) is 6.54 Å². The van der Waals surface area contributed by atoms with Crippen molar-refractivity contribution in [3.05, 3.63) is 49.1 Å². The van der Waals surface area contributed by atoms with Crippen LogP contribution in [0.15, 0.2) is 48.6 Å². The van der Waals surface area contributed by atoms with E-state index in [0.29, 0.717) is 23.7 Å². The van der Waals surface area contributed by atoms with Crippen LogP contribution >= 0.6 is 0 Å². The smallest absolute Gasteiger partial charge is 0.329 e. The summed E-state index contributed by atoms with van der Waals surface area (Å²) in [7, 11) is 1.52. The quantitative estimate of drug-likeness (QED) is 0.324. The monoisotopic (exact) mass is 317 g/mol. The van der Waals surface area contributed by atoms with E-state index in [1.165, 1.54) is 19.4 Å². The molecule has 1 aromatic rings. The molecule has 0 aliphatic heterocycles. The van der Waals surface area contributed by atoms with Gasteiger partial charge in [-0.2, -0.15) is 5.10 Å². The molecule has 0 saturated heterocycles. The maximum absolute atomic E-state index is 11.4. The molecule has 0 saturated carbocycles. The Bertz CT molecular complexity index is 611. The van der Waals surface area contributed by atoms with Gasteiger partial charge in [0.2, 0.25) is 0 Å². The van der Waals surface area contributed by atoms with Crippen LogP contribution in [-0.4, -0.2) is 38.3 Å². The molecule has 0 fully saturated rings. The second-order valence-electron chi connectivity index (χ2n) is 4.21. The van der Waals surface area contributed by atoms with Gasteiger partial charge in [0.05, 0.1) is 13.3 Å². The number of hydrogen-bond acceptors (Lipinski definition) is 5. The molecule has 7 heteroatoms. The predicted molar refractivity (Wildman–Crippen MR) is 87.6 cm³/mol. The maximum Gasteiger partial charge on any atom is 0.329 e. The van der Waals surface area contributed by atoms with Gasteiger partial charge in [-0.3, -0.25) is 9.59 Å². The highest BCUT2D eigenvalue weighted by molar-refractivity contribution is 6.35. The summed E-state index contributed by atoms with van der Waals surface area (Å²) >= 11 is 0. The highest BCUT2D eigenvalue weighted by Gasteiger charge is 2.10. The Balaban J connectivity index is 2.66. The minimum Gasteiger partial charge on any atom is -0.493 e. The topological polar surface area (TPSA) is 89.0 Å². The van der Waals surface area contributed by atoms with Crippen LogP contribution in [0, 0.1) is 0 Å². The van der Waals surface area contributed by atoms with E-state index in [-0.39, 0.29) is 6.54 Å². The van der Waals surface area contributed by atoms with Gasteiger partial charge in [0.1, 0.15) is 6.61 Å². The van der Waals surface area contributed by atoms with Gasteiger partial charge in [0.15, 0.2) is 11.5 Å². The van der Waals surface area contributed by atoms with Gasteiger partial charge in [-0.15, -0.1) is 6.58 Å². The molecule has 0 radical (unpaired) electrons. The summed E-state index contributed by atoms with van der Waals surface area (Å²) in [4.78, 5) is 22.7. The fourth-order valence-corrected chi connectivity index (χ4v) is 1.49.